The third-order valence-electron chi connectivity index (χ3n) is 2.13. The second-order valence-corrected chi connectivity index (χ2v) is 6.05. The lowest BCUT2D eigenvalue weighted by molar-refractivity contribution is 0.500. The highest BCUT2D eigenvalue weighted by Crippen LogP contribution is 2.29. The molecular weight excluding hydrogens is 160 g/mol. The van der Waals surface area contributed by atoms with Crippen molar-refractivity contribution in [3.63, 3.8) is 0 Å². The predicted octanol–water partition coefficient (Wildman–Crippen LogP) is 1.45. The van der Waals surface area contributed by atoms with Gasteiger partial charge in [-0.1, -0.05) is 0 Å². The van der Waals surface area contributed by atoms with Crippen LogP contribution in [0.15, 0.2) is 0 Å². The summed E-state index contributed by atoms with van der Waals surface area (Å²) in [7, 11) is -0.682. The molecular formula is C7H16N2OS. The molecule has 1 fully saturated rings. The minimum absolute atomic E-state index is 0.0619. The minimum Gasteiger partial charge on any atom is -0.240 e. The Hall–Kier alpha value is -0.0900. The van der Waals surface area contributed by atoms with E-state index in [1.807, 2.05) is 13.8 Å². The molecule has 0 heterocycles. The van der Waals surface area contributed by atoms with Gasteiger partial charge in [0, 0.05) is 13.1 Å². The lowest BCUT2D eigenvalue weighted by atomic mass is 10.6. The molecule has 4 heteroatoms. The summed E-state index contributed by atoms with van der Waals surface area (Å²) >= 11 is 0. The van der Waals surface area contributed by atoms with Crippen LogP contribution in [-0.4, -0.2) is 26.9 Å². The Morgan fingerprint density at radius 1 is 1.55 bits per heavy atom. The van der Waals surface area contributed by atoms with Crippen LogP contribution in [0.4, 0.5) is 0 Å². The molecule has 0 aromatic heterocycles. The van der Waals surface area contributed by atoms with Crippen LogP contribution in [0.5, 0.6) is 0 Å². The van der Waals surface area contributed by atoms with Crippen LogP contribution in [0.3, 0.4) is 0 Å². The molecule has 1 aliphatic rings. The Bertz CT molecular complexity index is 229. The molecule has 11 heavy (non-hydrogen) atoms. The van der Waals surface area contributed by atoms with Gasteiger partial charge >= 0.3 is 0 Å². The van der Waals surface area contributed by atoms with E-state index in [9.17, 15) is 4.21 Å². The van der Waals surface area contributed by atoms with Crippen LogP contribution in [-0.2, 0) is 9.92 Å². The zero-order valence-corrected chi connectivity index (χ0v) is 8.15. The van der Waals surface area contributed by atoms with E-state index in [-0.39, 0.29) is 5.25 Å². The van der Waals surface area contributed by atoms with E-state index < -0.39 is 9.92 Å². The molecule has 0 radical (unpaired) electrons. The number of nitrogens with one attached hydrogen (secondary N) is 1. The van der Waals surface area contributed by atoms with Crippen LogP contribution < -0.4 is 0 Å². The van der Waals surface area contributed by atoms with Gasteiger partial charge in [0.15, 0.2) is 0 Å². The minimum atomic E-state index is -2.48. The smallest absolute Gasteiger partial charge is 0.110 e. The average Bonchev–Trinajstić information content (AvgIpc) is 2.66. The predicted molar refractivity (Wildman–Crippen MR) is 46.8 cm³/mol. The van der Waals surface area contributed by atoms with Gasteiger partial charge < -0.3 is 0 Å². The van der Waals surface area contributed by atoms with Gasteiger partial charge in [-0.2, -0.15) is 0 Å². The summed E-state index contributed by atoms with van der Waals surface area (Å²) in [6.07, 6.45) is 2.22. The summed E-state index contributed by atoms with van der Waals surface area (Å²) in [5.41, 5.74) is 0. The van der Waals surface area contributed by atoms with Crippen LogP contribution in [0.1, 0.15) is 26.7 Å². The number of hydrogen-bond acceptors (Lipinski definition) is 2. The molecule has 0 saturated heterocycles. The lowest BCUT2D eigenvalue weighted by Crippen LogP contribution is -2.33. The van der Waals surface area contributed by atoms with E-state index in [0.29, 0.717) is 6.04 Å². The molecule has 1 unspecified atom stereocenters. The number of hydrogen-bond donors (Lipinski definition) is 1. The maximum Gasteiger partial charge on any atom is 0.110 e. The van der Waals surface area contributed by atoms with Gasteiger partial charge in [-0.05, 0) is 26.7 Å². The topological polar surface area (TPSA) is 44.2 Å². The maximum atomic E-state index is 11.7. The van der Waals surface area contributed by atoms with Crippen molar-refractivity contribution in [2.24, 2.45) is 0 Å². The first-order valence-corrected chi connectivity index (χ1v) is 5.54. The van der Waals surface area contributed by atoms with Crippen LogP contribution in [0.2, 0.25) is 0 Å². The maximum absolute atomic E-state index is 11.7. The van der Waals surface area contributed by atoms with Crippen molar-refractivity contribution in [1.82, 2.24) is 4.31 Å². The third-order valence-corrected chi connectivity index (χ3v) is 4.56. The molecule has 0 amide bonds. The van der Waals surface area contributed by atoms with Crippen molar-refractivity contribution < 1.29 is 4.21 Å². The Labute approximate surface area is 68.9 Å². The molecule has 0 spiro atoms. The highest BCUT2D eigenvalue weighted by molar-refractivity contribution is 7.90. The zero-order valence-electron chi connectivity index (χ0n) is 7.33. The monoisotopic (exact) mass is 176 g/mol. The van der Waals surface area contributed by atoms with E-state index in [1.54, 1.807) is 11.4 Å². The molecule has 0 aromatic rings. The van der Waals surface area contributed by atoms with Gasteiger partial charge in [0.05, 0.1) is 5.25 Å². The molecule has 3 nitrogen and oxygen atoms in total. The first-order chi connectivity index (χ1) is 4.96. The Morgan fingerprint density at radius 2 is 2.00 bits per heavy atom. The normalized spacial score (nSPS) is 24.1. The highest BCUT2D eigenvalue weighted by atomic mass is 32.2. The second kappa shape index (κ2) is 2.75. The zero-order chi connectivity index (χ0) is 8.65. The molecule has 1 N–H and O–H groups in total. The fourth-order valence-electron chi connectivity index (χ4n) is 0.992. The fourth-order valence-corrected chi connectivity index (χ4v) is 2.31. The Morgan fingerprint density at radius 3 is 2.27 bits per heavy atom. The van der Waals surface area contributed by atoms with Gasteiger partial charge in [0.2, 0.25) is 0 Å². The van der Waals surface area contributed by atoms with Crippen molar-refractivity contribution in [2.45, 2.75) is 38.0 Å². The molecule has 1 saturated carbocycles. The molecule has 0 aliphatic heterocycles. The van der Waals surface area contributed by atoms with Gasteiger partial charge in [0.25, 0.3) is 0 Å². The summed E-state index contributed by atoms with van der Waals surface area (Å²) in [6, 6.07) is 0.419. The van der Waals surface area contributed by atoms with Gasteiger partial charge in [-0.3, -0.25) is 0 Å². The van der Waals surface area contributed by atoms with Crippen molar-refractivity contribution in [3.8, 4) is 0 Å². The number of rotatable bonds is 3. The van der Waals surface area contributed by atoms with Crippen molar-refractivity contribution in [2.75, 3.05) is 7.05 Å². The van der Waals surface area contributed by atoms with Crippen molar-refractivity contribution in [3.05, 3.63) is 0 Å². The standard InChI is InChI=1S/C7H16N2OS/c1-6(2)11(8,10)9(3)7-4-5-7/h6-8H,4-5H2,1-3H3. The van der Waals surface area contributed by atoms with E-state index in [2.05, 4.69) is 0 Å². The largest absolute Gasteiger partial charge is 0.240 e. The summed E-state index contributed by atoms with van der Waals surface area (Å²) in [4.78, 5) is 0. The van der Waals surface area contributed by atoms with E-state index in [1.165, 1.54) is 0 Å². The lowest BCUT2D eigenvalue weighted by Gasteiger charge is -2.22. The highest BCUT2D eigenvalue weighted by Gasteiger charge is 2.33. The Kier molecular flexibility index (Phi) is 2.25. The van der Waals surface area contributed by atoms with Gasteiger partial charge in [0.1, 0.15) is 9.92 Å². The molecule has 0 aromatic carbocycles. The average molecular weight is 176 g/mol. The third kappa shape index (κ3) is 1.73. The summed E-state index contributed by atoms with van der Waals surface area (Å²) < 4.78 is 21.0. The fraction of sp³-hybridized carbons (Fsp3) is 1.00. The van der Waals surface area contributed by atoms with E-state index in [0.717, 1.165) is 12.8 Å². The summed E-state index contributed by atoms with van der Waals surface area (Å²) in [5.74, 6) is 0. The van der Waals surface area contributed by atoms with Gasteiger partial charge in [-0.25, -0.2) is 13.3 Å². The van der Waals surface area contributed by atoms with Crippen molar-refractivity contribution in [1.29, 1.82) is 4.78 Å². The van der Waals surface area contributed by atoms with Gasteiger partial charge in [-0.15, -0.1) is 0 Å². The van der Waals surface area contributed by atoms with Crippen LogP contribution in [0.25, 0.3) is 0 Å². The molecule has 66 valence electrons. The molecule has 1 atom stereocenters. The molecule has 0 bridgehead atoms. The quantitative estimate of drug-likeness (QED) is 0.695. The number of nitrogens with zero attached hydrogens (tertiary/aromatic N) is 1. The van der Waals surface area contributed by atoms with Crippen molar-refractivity contribution >= 4 is 9.92 Å². The first-order valence-electron chi connectivity index (χ1n) is 3.97. The van der Waals surface area contributed by atoms with E-state index >= 15 is 0 Å². The summed E-state index contributed by atoms with van der Waals surface area (Å²) in [6.45, 7) is 3.68. The van der Waals surface area contributed by atoms with Crippen LogP contribution in [0, 0.1) is 4.78 Å². The SMILES string of the molecule is CC(C)S(=N)(=O)N(C)C1CC1. The first kappa shape index (κ1) is 9.00. The Balaban J connectivity index is 2.70. The second-order valence-electron chi connectivity index (χ2n) is 3.39. The molecule has 1 aliphatic carbocycles. The molecule has 1 rings (SSSR count). The van der Waals surface area contributed by atoms with Crippen LogP contribution >= 0.6 is 0 Å². The van der Waals surface area contributed by atoms with E-state index in [4.69, 9.17) is 4.78 Å². The summed E-state index contributed by atoms with van der Waals surface area (Å²) in [5, 5.41) is -0.0619.